The van der Waals surface area contributed by atoms with Gasteiger partial charge in [-0.15, -0.1) is 0 Å². The number of amides is 1. The van der Waals surface area contributed by atoms with Gasteiger partial charge in [-0.25, -0.2) is 9.36 Å². The van der Waals surface area contributed by atoms with Crippen LogP contribution in [-0.2, 0) is 23.4 Å². The number of carboxylic acid groups (broad SMARTS) is 1. The standard InChI is InChI=1S/C24H30F2N5O9P/c1-14(21(34)35)29-41(37,40-15-7-4-3-5-8-15)38-13-17-19(32)24(25,26)22(39-17)31-12-10-18(28-23(31)36)27-20(33)16-9-6-11-30(16)2/h3-5,7-8,10,12,14,16-17,19,22,32H,6,9,11,13H2,1-2H3,(H,29,37)(H,34,35)(H,27,28,33,36)/t14-,16+,17-,19-,22-,41?/m1/s1. The Kier molecular flexibility index (Phi) is 9.21. The number of para-hydroxylation sites is 1. The lowest BCUT2D eigenvalue weighted by molar-refractivity contribution is -0.141. The van der Waals surface area contributed by atoms with Gasteiger partial charge in [0.25, 0.3) is 0 Å². The number of likely N-dealkylation sites (tertiary alicyclic amines) is 1. The summed E-state index contributed by atoms with van der Waals surface area (Å²) in [4.78, 5) is 41.9. The lowest BCUT2D eigenvalue weighted by atomic mass is 10.1. The quantitative estimate of drug-likeness (QED) is 0.273. The van der Waals surface area contributed by atoms with Crippen molar-refractivity contribution in [1.29, 1.82) is 0 Å². The number of rotatable bonds is 11. The van der Waals surface area contributed by atoms with Crippen molar-refractivity contribution in [1.82, 2.24) is 19.5 Å². The Hall–Kier alpha value is -3.27. The van der Waals surface area contributed by atoms with Crippen LogP contribution < -0.4 is 20.6 Å². The van der Waals surface area contributed by atoms with Crippen molar-refractivity contribution >= 4 is 25.4 Å². The Bertz CT molecular complexity index is 1360. The second-order valence-electron chi connectivity index (χ2n) is 9.66. The van der Waals surface area contributed by atoms with Gasteiger partial charge in [-0.1, -0.05) is 18.2 Å². The van der Waals surface area contributed by atoms with Crippen LogP contribution >= 0.6 is 7.75 Å². The largest absolute Gasteiger partial charge is 0.480 e. The zero-order valence-electron chi connectivity index (χ0n) is 22.1. The summed E-state index contributed by atoms with van der Waals surface area (Å²) in [5.41, 5.74) is -1.18. The first kappa shape index (κ1) is 30.7. The molecule has 1 unspecified atom stereocenters. The number of anilines is 1. The Balaban J connectivity index is 1.47. The zero-order chi connectivity index (χ0) is 29.9. The number of ether oxygens (including phenoxy) is 1. The molecule has 1 amide bonds. The maximum atomic E-state index is 15.1. The maximum absolute atomic E-state index is 15.1. The normalized spacial score (nSPS) is 26.3. The molecule has 0 saturated carbocycles. The van der Waals surface area contributed by atoms with Crippen molar-refractivity contribution in [2.24, 2.45) is 0 Å². The molecule has 2 aromatic rings. The van der Waals surface area contributed by atoms with Crippen LogP contribution in [0.2, 0.25) is 0 Å². The highest BCUT2D eigenvalue weighted by Crippen LogP contribution is 2.48. The number of nitrogens with one attached hydrogen (secondary N) is 2. The lowest BCUT2D eigenvalue weighted by Gasteiger charge is -2.23. The van der Waals surface area contributed by atoms with Crippen LogP contribution in [0.15, 0.2) is 47.4 Å². The molecule has 2 aliphatic rings. The number of aliphatic hydroxyl groups is 1. The van der Waals surface area contributed by atoms with Gasteiger partial charge in [-0.3, -0.25) is 23.6 Å². The van der Waals surface area contributed by atoms with Gasteiger partial charge in [0.2, 0.25) is 12.1 Å². The van der Waals surface area contributed by atoms with Crippen molar-refractivity contribution in [2.45, 2.75) is 56.2 Å². The van der Waals surface area contributed by atoms with Crippen LogP contribution in [0, 0.1) is 0 Å². The second kappa shape index (κ2) is 12.3. The molecule has 1 aromatic carbocycles. The van der Waals surface area contributed by atoms with Crippen LogP contribution in [0.3, 0.4) is 0 Å². The van der Waals surface area contributed by atoms with Crippen LogP contribution in [-0.4, -0.2) is 87.0 Å². The van der Waals surface area contributed by atoms with Crippen molar-refractivity contribution < 1.29 is 46.9 Å². The molecule has 3 heterocycles. The SMILES string of the molecule is C[C@@H](NP(=O)(OC[C@H]1O[C@@H](n2ccc(NC(=O)[C@@H]3CCCN3C)nc2=O)C(F)(F)[C@@H]1O)Oc1ccccc1)C(=O)O. The molecule has 4 rings (SSSR count). The van der Waals surface area contributed by atoms with Crippen molar-refractivity contribution in [3.63, 3.8) is 0 Å². The van der Waals surface area contributed by atoms with Crippen molar-refractivity contribution in [3.8, 4) is 5.75 Å². The lowest BCUT2D eigenvalue weighted by Crippen LogP contribution is -2.42. The monoisotopic (exact) mass is 601 g/mol. The van der Waals surface area contributed by atoms with E-state index in [0.717, 1.165) is 32.2 Å². The summed E-state index contributed by atoms with van der Waals surface area (Å²) >= 11 is 0. The summed E-state index contributed by atoms with van der Waals surface area (Å²) in [7, 11) is -2.72. The van der Waals surface area contributed by atoms with Crippen LogP contribution in [0.5, 0.6) is 5.75 Å². The molecular weight excluding hydrogens is 571 g/mol. The fourth-order valence-corrected chi connectivity index (χ4v) is 5.90. The molecule has 17 heteroatoms. The highest BCUT2D eigenvalue weighted by atomic mass is 31.2. The molecule has 41 heavy (non-hydrogen) atoms. The van der Waals surface area contributed by atoms with Crippen LogP contribution in [0.4, 0.5) is 14.6 Å². The van der Waals surface area contributed by atoms with Gasteiger partial charge in [0.15, 0.2) is 6.10 Å². The molecule has 6 atom stereocenters. The number of benzene rings is 1. The number of aliphatic carboxylic acids is 1. The van der Waals surface area contributed by atoms with Gasteiger partial charge in [0.05, 0.1) is 12.6 Å². The summed E-state index contributed by atoms with van der Waals surface area (Å²) in [5.74, 6) is -5.92. The number of nitrogens with zero attached hydrogens (tertiary/aromatic N) is 3. The molecule has 2 saturated heterocycles. The number of hydrogen-bond donors (Lipinski definition) is 4. The molecule has 0 bridgehead atoms. The van der Waals surface area contributed by atoms with E-state index in [2.05, 4.69) is 15.4 Å². The van der Waals surface area contributed by atoms with E-state index in [-0.39, 0.29) is 11.6 Å². The minimum atomic E-state index is -4.50. The minimum Gasteiger partial charge on any atom is -0.480 e. The number of aromatic nitrogens is 2. The molecule has 224 valence electrons. The van der Waals surface area contributed by atoms with E-state index in [1.54, 1.807) is 25.2 Å². The Labute approximate surface area is 232 Å². The first-order valence-corrected chi connectivity index (χ1v) is 14.2. The summed E-state index contributed by atoms with van der Waals surface area (Å²) < 4.78 is 59.7. The smallest absolute Gasteiger partial charge is 0.459 e. The highest BCUT2D eigenvalue weighted by Gasteiger charge is 2.60. The second-order valence-corrected chi connectivity index (χ2v) is 11.4. The van der Waals surface area contributed by atoms with E-state index in [0.29, 0.717) is 11.0 Å². The first-order valence-electron chi connectivity index (χ1n) is 12.6. The molecule has 1 aromatic heterocycles. The summed E-state index contributed by atoms with van der Waals surface area (Å²) in [5, 5.41) is 24.2. The van der Waals surface area contributed by atoms with Gasteiger partial charge in [0, 0.05) is 6.20 Å². The summed E-state index contributed by atoms with van der Waals surface area (Å²) in [6.07, 6.45) is -4.26. The summed E-state index contributed by atoms with van der Waals surface area (Å²) in [6.45, 7) is 0.966. The fraction of sp³-hybridized carbons (Fsp3) is 0.500. The van der Waals surface area contributed by atoms with Gasteiger partial charge in [-0.2, -0.15) is 18.9 Å². The van der Waals surface area contributed by atoms with E-state index in [1.165, 1.54) is 12.1 Å². The number of halogens is 2. The predicted octanol–water partition coefficient (Wildman–Crippen LogP) is 1.44. The maximum Gasteiger partial charge on any atom is 0.459 e. The number of likely N-dealkylation sites (N-methyl/N-ethyl adjacent to an activating group) is 1. The van der Waals surface area contributed by atoms with E-state index in [4.69, 9.17) is 13.8 Å². The fourth-order valence-electron chi connectivity index (χ4n) is 4.39. The Morgan fingerprint density at radius 1 is 1.29 bits per heavy atom. The molecule has 0 spiro atoms. The van der Waals surface area contributed by atoms with Crippen LogP contribution in [0.25, 0.3) is 0 Å². The van der Waals surface area contributed by atoms with Crippen LogP contribution in [0.1, 0.15) is 26.0 Å². The molecular formula is C24H30F2N5O9P. The number of carbonyl (C=O) groups excluding carboxylic acids is 1. The molecule has 4 N–H and O–H groups in total. The molecule has 2 aliphatic heterocycles. The average Bonchev–Trinajstić information content (AvgIpc) is 3.44. The number of alkyl halides is 2. The summed E-state index contributed by atoms with van der Waals surface area (Å²) in [6, 6.07) is 6.86. The van der Waals surface area contributed by atoms with E-state index >= 15 is 8.78 Å². The third-order valence-electron chi connectivity index (χ3n) is 6.64. The van der Waals surface area contributed by atoms with Gasteiger partial charge in [-0.05, 0) is 51.6 Å². The van der Waals surface area contributed by atoms with Gasteiger partial charge < -0.3 is 24.8 Å². The molecule has 2 fully saturated rings. The predicted molar refractivity (Wildman–Crippen MR) is 139 cm³/mol. The van der Waals surface area contributed by atoms with E-state index in [9.17, 15) is 29.2 Å². The molecule has 0 radical (unpaired) electrons. The highest BCUT2D eigenvalue weighted by molar-refractivity contribution is 7.52. The number of aliphatic hydroxyl groups excluding tert-OH is 1. The van der Waals surface area contributed by atoms with E-state index < -0.39 is 68.4 Å². The number of carboxylic acids is 1. The average molecular weight is 602 g/mol. The molecule has 14 nitrogen and oxygen atoms in total. The minimum absolute atomic E-state index is 0.0291. The topological polar surface area (TPSA) is 182 Å². The van der Waals surface area contributed by atoms with Crippen molar-refractivity contribution in [2.75, 3.05) is 25.5 Å². The first-order chi connectivity index (χ1) is 19.3. The Morgan fingerprint density at radius 2 is 2.00 bits per heavy atom. The van der Waals surface area contributed by atoms with E-state index in [1.807, 2.05) is 4.90 Å². The van der Waals surface area contributed by atoms with Gasteiger partial charge in [0.1, 0.15) is 23.7 Å². The number of carbonyl (C=O) groups is 2. The van der Waals surface area contributed by atoms with Crippen molar-refractivity contribution in [3.05, 3.63) is 53.1 Å². The molecule has 0 aliphatic carbocycles. The Morgan fingerprint density at radius 3 is 2.61 bits per heavy atom. The van der Waals surface area contributed by atoms with Gasteiger partial charge >= 0.3 is 25.3 Å². The third kappa shape index (κ3) is 6.97. The third-order valence-corrected chi connectivity index (χ3v) is 8.28. The number of hydrogen-bond acceptors (Lipinski definition) is 10. The zero-order valence-corrected chi connectivity index (χ0v) is 22.9.